The highest BCUT2D eigenvalue weighted by Gasteiger charge is 1.93. The largest absolute Gasteiger partial charge is 0.396 e. The van der Waals surface area contributed by atoms with Crippen molar-refractivity contribution in [2.24, 2.45) is 0 Å². The molecule has 10 heavy (non-hydrogen) atoms. The van der Waals surface area contributed by atoms with E-state index in [1.165, 1.54) is 0 Å². The fraction of sp³-hybridized carbons (Fsp3) is 0. The molecule has 0 aliphatic heterocycles. The quantitative estimate of drug-likeness (QED) is 0.701. The van der Waals surface area contributed by atoms with Crippen molar-refractivity contribution in [3.63, 3.8) is 0 Å². The predicted molar refractivity (Wildman–Crippen MR) is 48.0 cm³/mol. The molecule has 0 saturated heterocycles. The molecular weight excluding hydrogens is 217 g/mol. The Kier molecular flexibility index (Phi) is 3.46. The van der Waals surface area contributed by atoms with Gasteiger partial charge in [0.2, 0.25) is 0 Å². The summed E-state index contributed by atoms with van der Waals surface area (Å²) in [6.45, 7) is 0. The summed E-state index contributed by atoms with van der Waals surface area (Å²) < 4.78 is 0.842. The lowest BCUT2D eigenvalue weighted by Gasteiger charge is -1.96. The monoisotopic (exact) mass is 223 g/mol. The molecule has 1 heterocycles. The zero-order valence-electron chi connectivity index (χ0n) is 5.04. The van der Waals surface area contributed by atoms with E-state index in [0.717, 1.165) is 4.47 Å². The topological polar surface area (TPSA) is 64.9 Å². The number of nitrogens with zero attached hydrogens (tertiary/aromatic N) is 1. The second-order valence-electron chi connectivity index (χ2n) is 1.63. The maximum Gasteiger partial charge on any atom is 0.146 e. The fourth-order valence-corrected chi connectivity index (χ4v) is 0.815. The first-order chi connectivity index (χ1) is 4.20. The molecule has 1 aromatic heterocycles. The highest BCUT2D eigenvalue weighted by Crippen LogP contribution is 2.16. The number of anilines is 2. The van der Waals surface area contributed by atoms with Crippen LogP contribution in [0.1, 0.15) is 0 Å². The molecule has 0 aliphatic rings. The second kappa shape index (κ2) is 3.63. The Morgan fingerprint density at radius 2 is 2.00 bits per heavy atom. The summed E-state index contributed by atoms with van der Waals surface area (Å²) in [7, 11) is 0. The van der Waals surface area contributed by atoms with Gasteiger partial charge in [-0.25, -0.2) is 4.98 Å². The molecule has 0 fully saturated rings. The molecule has 5 heteroatoms. The fourth-order valence-electron chi connectivity index (χ4n) is 0.466. The van der Waals surface area contributed by atoms with Gasteiger partial charge in [-0.2, -0.15) is 0 Å². The molecule has 1 rings (SSSR count). The van der Waals surface area contributed by atoms with Crippen LogP contribution in [0.4, 0.5) is 11.5 Å². The Labute approximate surface area is 73.4 Å². The van der Waals surface area contributed by atoms with E-state index in [1.807, 2.05) is 0 Å². The predicted octanol–water partition coefficient (Wildman–Crippen LogP) is 1.43. The van der Waals surface area contributed by atoms with E-state index in [9.17, 15) is 0 Å². The minimum Gasteiger partial charge on any atom is -0.396 e. The van der Waals surface area contributed by atoms with E-state index in [-0.39, 0.29) is 12.4 Å². The van der Waals surface area contributed by atoms with Gasteiger partial charge in [-0.15, -0.1) is 12.4 Å². The third kappa shape index (κ3) is 2.04. The van der Waals surface area contributed by atoms with E-state index >= 15 is 0 Å². The summed E-state index contributed by atoms with van der Waals surface area (Å²) >= 11 is 3.20. The van der Waals surface area contributed by atoms with Crippen LogP contribution in [0.25, 0.3) is 0 Å². The smallest absolute Gasteiger partial charge is 0.146 e. The first-order valence-corrected chi connectivity index (χ1v) is 3.16. The van der Waals surface area contributed by atoms with E-state index in [4.69, 9.17) is 11.5 Å². The van der Waals surface area contributed by atoms with Gasteiger partial charge in [0.15, 0.2) is 0 Å². The van der Waals surface area contributed by atoms with Gasteiger partial charge in [-0.1, -0.05) is 0 Å². The Balaban J connectivity index is 0.000000810. The Bertz CT molecular complexity index is 228. The number of nitrogen functional groups attached to an aromatic ring is 2. The van der Waals surface area contributed by atoms with Crippen LogP contribution < -0.4 is 11.5 Å². The Morgan fingerprint density at radius 3 is 2.40 bits per heavy atom. The summed E-state index contributed by atoms with van der Waals surface area (Å²) in [5, 5.41) is 0. The van der Waals surface area contributed by atoms with Crippen LogP contribution in [0.3, 0.4) is 0 Å². The summed E-state index contributed by atoms with van der Waals surface area (Å²) in [5.41, 5.74) is 11.2. The average Bonchev–Trinajstić information content (AvgIpc) is 1.80. The molecule has 0 unspecified atom stereocenters. The van der Waals surface area contributed by atoms with Crippen LogP contribution in [-0.2, 0) is 0 Å². The highest BCUT2D eigenvalue weighted by molar-refractivity contribution is 9.10. The zero-order chi connectivity index (χ0) is 6.85. The van der Waals surface area contributed by atoms with Crippen molar-refractivity contribution in [1.82, 2.24) is 4.98 Å². The van der Waals surface area contributed by atoms with Gasteiger partial charge in [0.1, 0.15) is 5.82 Å². The minimum atomic E-state index is 0. The number of rotatable bonds is 0. The van der Waals surface area contributed by atoms with Gasteiger partial charge in [0, 0.05) is 10.7 Å². The van der Waals surface area contributed by atoms with Crippen LogP contribution >= 0.6 is 28.3 Å². The van der Waals surface area contributed by atoms with E-state index < -0.39 is 0 Å². The van der Waals surface area contributed by atoms with Crippen molar-refractivity contribution in [3.8, 4) is 0 Å². The van der Waals surface area contributed by atoms with Crippen LogP contribution in [0.2, 0.25) is 0 Å². The number of hydrogen-bond donors (Lipinski definition) is 2. The first kappa shape index (κ1) is 9.52. The minimum absolute atomic E-state index is 0. The van der Waals surface area contributed by atoms with Crippen molar-refractivity contribution < 1.29 is 0 Å². The van der Waals surface area contributed by atoms with Crippen LogP contribution in [-0.4, -0.2) is 4.98 Å². The van der Waals surface area contributed by atoms with Crippen molar-refractivity contribution in [2.75, 3.05) is 11.5 Å². The average molecular weight is 224 g/mol. The zero-order valence-corrected chi connectivity index (χ0v) is 7.45. The molecule has 0 radical (unpaired) electrons. The van der Waals surface area contributed by atoms with Crippen LogP contribution in [0.15, 0.2) is 16.7 Å². The number of aromatic nitrogens is 1. The summed E-state index contributed by atoms with van der Waals surface area (Å²) in [6, 6.07) is 1.71. The third-order valence-corrected chi connectivity index (χ3v) is 1.35. The van der Waals surface area contributed by atoms with Crippen LogP contribution in [0.5, 0.6) is 0 Å². The summed E-state index contributed by atoms with van der Waals surface area (Å²) in [6.07, 6.45) is 1.60. The van der Waals surface area contributed by atoms with Crippen LogP contribution in [0, 0.1) is 0 Å². The molecular formula is C5H7BrClN3. The number of hydrogen-bond acceptors (Lipinski definition) is 3. The molecule has 0 bridgehead atoms. The second-order valence-corrected chi connectivity index (χ2v) is 2.54. The number of pyridine rings is 1. The molecule has 0 aliphatic carbocycles. The van der Waals surface area contributed by atoms with E-state index in [2.05, 4.69) is 20.9 Å². The molecule has 56 valence electrons. The molecule has 0 atom stereocenters. The van der Waals surface area contributed by atoms with E-state index in [1.54, 1.807) is 12.3 Å². The van der Waals surface area contributed by atoms with Gasteiger partial charge >= 0.3 is 0 Å². The SMILES string of the molecule is Cl.Nc1cc(Br)cnc1N. The van der Waals surface area contributed by atoms with Gasteiger partial charge in [-0.3, -0.25) is 0 Å². The molecule has 3 nitrogen and oxygen atoms in total. The molecule has 4 N–H and O–H groups in total. The van der Waals surface area contributed by atoms with Gasteiger partial charge < -0.3 is 11.5 Å². The van der Waals surface area contributed by atoms with Crippen molar-refractivity contribution >= 4 is 39.8 Å². The van der Waals surface area contributed by atoms with Gasteiger partial charge in [-0.05, 0) is 22.0 Å². The Hall–Kier alpha value is -0.480. The highest BCUT2D eigenvalue weighted by atomic mass is 79.9. The first-order valence-electron chi connectivity index (χ1n) is 2.36. The maximum absolute atomic E-state index is 5.40. The number of halogens is 2. The van der Waals surface area contributed by atoms with E-state index in [0.29, 0.717) is 11.5 Å². The third-order valence-electron chi connectivity index (χ3n) is 0.916. The lowest BCUT2D eigenvalue weighted by molar-refractivity contribution is 1.32. The Morgan fingerprint density at radius 1 is 1.40 bits per heavy atom. The van der Waals surface area contributed by atoms with Crippen molar-refractivity contribution in [2.45, 2.75) is 0 Å². The lowest BCUT2D eigenvalue weighted by Crippen LogP contribution is -1.96. The number of nitrogens with two attached hydrogens (primary N) is 2. The van der Waals surface area contributed by atoms with Gasteiger partial charge in [0.25, 0.3) is 0 Å². The summed E-state index contributed by atoms with van der Waals surface area (Å²) in [5.74, 6) is 0.373. The molecule has 0 spiro atoms. The van der Waals surface area contributed by atoms with Gasteiger partial charge in [0.05, 0.1) is 5.69 Å². The molecule has 0 saturated carbocycles. The summed E-state index contributed by atoms with van der Waals surface area (Å²) in [4.78, 5) is 3.78. The molecule has 0 aromatic carbocycles. The van der Waals surface area contributed by atoms with Crippen molar-refractivity contribution in [3.05, 3.63) is 16.7 Å². The lowest BCUT2D eigenvalue weighted by atomic mass is 10.4. The maximum atomic E-state index is 5.40. The standard InChI is InChI=1S/C5H6BrN3.ClH/c6-3-1-4(7)5(8)9-2-3;/h1-2H,7H2,(H2,8,9);1H. The van der Waals surface area contributed by atoms with Crippen molar-refractivity contribution in [1.29, 1.82) is 0 Å². The molecule has 1 aromatic rings. The molecule has 0 amide bonds. The normalized spacial score (nSPS) is 8.50.